The van der Waals surface area contributed by atoms with Crippen molar-refractivity contribution in [2.75, 3.05) is 19.6 Å². The summed E-state index contributed by atoms with van der Waals surface area (Å²) in [6.07, 6.45) is 3.29. The summed E-state index contributed by atoms with van der Waals surface area (Å²) in [6.45, 7) is 17.0. The number of thiophene rings is 1. The zero-order valence-electron chi connectivity index (χ0n) is 17.2. The lowest BCUT2D eigenvalue weighted by Gasteiger charge is -2.33. The van der Waals surface area contributed by atoms with Gasteiger partial charge in [0.05, 0.1) is 5.39 Å². The fourth-order valence-corrected chi connectivity index (χ4v) is 5.48. The fourth-order valence-electron chi connectivity index (χ4n) is 4.14. The second-order valence-electron chi connectivity index (χ2n) is 8.63. The third-order valence-electron chi connectivity index (χ3n) is 6.12. The van der Waals surface area contributed by atoms with Gasteiger partial charge in [-0.2, -0.15) is 0 Å². The summed E-state index contributed by atoms with van der Waals surface area (Å²) in [7, 11) is 0. The van der Waals surface area contributed by atoms with Crippen molar-refractivity contribution in [3.63, 3.8) is 0 Å². The summed E-state index contributed by atoms with van der Waals surface area (Å²) in [5.74, 6) is 1.54. The minimum atomic E-state index is 0.173. The smallest absolute Gasteiger partial charge is 0.262 e. The van der Waals surface area contributed by atoms with Crippen molar-refractivity contribution >= 4 is 21.6 Å². The Hall–Kier alpha value is -1.20. The van der Waals surface area contributed by atoms with Gasteiger partial charge in [-0.3, -0.25) is 9.36 Å². The molecule has 4 nitrogen and oxygen atoms in total. The minimum Gasteiger partial charge on any atom is -0.302 e. The zero-order chi connectivity index (χ0) is 19.1. The van der Waals surface area contributed by atoms with Crippen LogP contribution in [0.3, 0.4) is 0 Å². The highest BCUT2D eigenvalue weighted by Crippen LogP contribution is 2.42. The first-order valence-electron chi connectivity index (χ1n) is 10.00. The summed E-state index contributed by atoms with van der Waals surface area (Å²) in [6, 6.07) is 0. The van der Waals surface area contributed by atoms with E-state index in [2.05, 4.69) is 39.5 Å². The molecule has 0 bridgehead atoms. The van der Waals surface area contributed by atoms with Crippen molar-refractivity contribution in [1.82, 2.24) is 14.5 Å². The highest BCUT2D eigenvalue weighted by molar-refractivity contribution is 7.18. The van der Waals surface area contributed by atoms with Gasteiger partial charge < -0.3 is 4.90 Å². The van der Waals surface area contributed by atoms with E-state index in [1.54, 1.807) is 11.3 Å². The molecule has 0 N–H and O–H groups in total. The van der Waals surface area contributed by atoms with Crippen LogP contribution in [0.4, 0.5) is 0 Å². The van der Waals surface area contributed by atoms with Crippen LogP contribution in [0.2, 0.25) is 0 Å². The van der Waals surface area contributed by atoms with Crippen LogP contribution in [0, 0.1) is 18.3 Å². The largest absolute Gasteiger partial charge is 0.302 e. The maximum atomic E-state index is 13.3. The molecule has 0 spiro atoms. The van der Waals surface area contributed by atoms with E-state index < -0.39 is 0 Å². The van der Waals surface area contributed by atoms with Gasteiger partial charge in [0.1, 0.15) is 10.7 Å². The molecule has 5 heteroatoms. The monoisotopic (exact) mass is 375 g/mol. The van der Waals surface area contributed by atoms with E-state index in [1.165, 1.54) is 16.9 Å². The highest BCUT2D eigenvalue weighted by Gasteiger charge is 2.31. The molecule has 0 radical (unpaired) electrons. The summed E-state index contributed by atoms with van der Waals surface area (Å²) >= 11 is 1.76. The van der Waals surface area contributed by atoms with E-state index in [4.69, 9.17) is 4.98 Å². The molecule has 26 heavy (non-hydrogen) atoms. The molecule has 0 aromatic carbocycles. The lowest BCUT2D eigenvalue weighted by atomic mass is 9.72. The minimum absolute atomic E-state index is 0.173. The van der Waals surface area contributed by atoms with Gasteiger partial charge in [-0.1, -0.05) is 34.6 Å². The SMILES string of the molecule is CCN(CC)CCn1c(C)nc2sc3c(c2c1=O)CCC(C(C)(C)C)C3. The number of rotatable bonds is 5. The molecular formula is C21H33N3OS. The number of aromatic nitrogens is 2. The second-order valence-corrected chi connectivity index (χ2v) is 9.72. The van der Waals surface area contributed by atoms with Crippen LogP contribution in [0.15, 0.2) is 4.79 Å². The molecule has 144 valence electrons. The molecule has 1 atom stereocenters. The maximum Gasteiger partial charge on any atom is 0.262 e. The maximum absolute atomic E-state index is 13.3. The van der Waals surface area contributed by atoms with Gasteiger partial charge in [0, 0.05) is 18.0 Å². The van der Waals surface area contributed by atoms with Gasteiger partial charge >= 0.3 is 0 Å². The molecule has 1 aliphatic carbocycles. The van der Waals surface area contributed by atoms with Gasteiger partial charge in [0.2, 0.25) is 0 Å². The number of likely N-dealkylation sites (N-methyl/N-ethyl adjacent to an activating group) is 1. The normalized spacial score (nSPS) is 17.9. The van der Waals surface area contributed by atoms with Crippen LogP contribution >= 0.6 is 11.3 Å². The average molecular weight is 376 g/mol. The predicted octanol–water partition coefficient (Wildman–Crippen LogP) is 4.26. The molecule has 3 rings (SSSR count). The van der Waals surface area contributed by atoms with Crippen molar-refractivity contribution in [1.29, 1.82) is 0 Å². The third kappa shape index (κ3) is 3.61. The summed E-state index contributed by atoms with van der Waals surface area (Å²) in [5.41, 5.74) is 1.78. The quantitative estimate of drug-likeness (QED) is 0.784. The van der Waals surface area contributed by atoms with Crippen molar-refractivity contribution in [3.8, 4) is 0 Å². The molecule has 2 aromatic heterocycles. The van der Waals surface area contributed by atoms with Gasteiger partial charge in [-0.25, -0.2) is 4.98 Å². The van der Waals surface area contributed by atoms with Crippen molar-refractivity contribution in [3.05, 3.63) is 26.6 Å². The van der Waals surface area contributed by atoms with E-state index in [0.29, 0.717) is 11.3 Å². The molecule has 0 saturated carbocycles. The van der Waals surface area contributed by atoms with E-state index in [0.717, 1.165) is 55.1 Å². The Labute approximate surface area is 161 Å². The molecule has 1 aliphatic rings. The Morgan fingerprint density at radius 3 is 2.58 bits per heavy atom. The molecule has 0 amide bonds. The van der Waals surface area contributed by atoms with Gasteiger partial charge in [0.15, 0.2) is 0 Å². The number of hydrogen-bond donors (Lipinski definition) is 0. The lowest BCUT2D eigenvalue weighted by molar-refractivity contribution is 0.218. The molecule has 0 fully saturated rings. The van der Waals surface area contributed by atoms with Gasteiger partial charge in [0.25, 0.3) is 5.56 Å². The Kier molecular flexibility index (Phi) is 5.59. The number of aryl methyl sites for hydroxylation is 2. The predicted molar refractivity (Wildman–Crippen MR) is 111 cm³/mol. The fraction of sp³-hybridized carbons (Fsp3) is 0.714. The molecule has 2 heterocycles. The van der Waals surface area contributed by atoms with Crippen molar-refractivity contribution < 1.29 is 0 Å². The van der Waals surface area contributed by atoms with Crippen LogP contribution in [0.25, 0.3) is 10.2 Å². The zero-order valence-corrected chi connectivity index (χ0v) is 18.0. The number of hydrogen-bond acceptors (Lipinski definition) is 4. The first-order valence-corrected chi connectivity index (χ1v) is 10.8. The first kappa shape index (κ1) is 19.6. The van der Waals surface area contributed by atoms with Gasteiger partial charge in [-0.05, 0) is 56.2 Å². The van der Waals surface area contributed by atoms with Crippen molar-refractivity contribution in [2.24, 2.45) is 11.3 Å². The Bertz CT molecular complexity index is 840. The Morgan fingerprint density at radius 2 is 1.96 bits per heavy atom. The van der Waals surface area contributed by atoms with E-state index in [-0.39, 0.29) is 5.56 Å². The van der Waals surface area contributed by atoms with Crippen LogP contribution < -0.4 is 5.56 Å². The highest BCUT2D eigenvalue weighted by atomic mass is 32.1. The van der Waals surface area contributed by atoms with E-state index in [9.17, 15) is 4.79 Å². The van der Waals surface area contributed by atoms with E-state index in [1.807, 2.05) is 11.5 Å². The molecular weight excluding hydrogens is 342 g/mol. The summed E-state index contributed by atoms with van der Waals surface area (Å²) < 4.78 is 1.89. The standard InChI is InChI=1S/C21H33N3OS/c1-7-23(8-2)11-12-24-14(3)22-19-18(20(24)25)16-10-9-15(21(4,5)6)13-17(16)26-19/h15H,7-13H2,1-6H3. The molecule has 2 aromatic rings. The summed E-state index contributed by atoms with van der Waals surface area (Å²) in [5, 5.41) is 0.905. The molecule has 0 saturated heterocycles. The number of nitrogens with zero attached hydrogens (tertiary/aromatic N) is 3. The lowest BCUT2D eigenvalue weighted by Crippen LogP contribution is -2.32. The number of fused-ring (bicyclic) bond motifs is 3. The summed E-state index contributed by atoms with van der Waals surface area (Å²) in [4.78, 5) is 22.8. The molecule has 1 unspecified atom stereocenters. The van der Waals surface area contributed by atoms with Crippen LogP contribution in [0.5, 0.6) is 0 Å². The molecule has 0 aliphatic heterocycles. The third-order valence-corrected chi connectivity index (χ3v) is 7.27. The van der Waals surface area contributed by atoms with Crippen molar-refractivity contribution in [2.45, 2.75) is 67.3 Å². The van der Waals surface area contributed by atoms with Gasteiger partial charge in [-0.15, -0.1) is 11.3 Å². The second kappa shape index (κ2) is 7.43. The van der Waals surface area contributed by atoms with Crippen LogP contribution in [-0.2, 0) is 19.4 Å². The van der Waals surface area contributed by atoms with Crippen LogP contribution in [0.1, 0.15) is 57.3 Å². The first-order chi connectivity index (χ1) is 12.3. The van der Waals surface area contributed by atoms with Crippen LogP contribution in [-0.4, -0.2) is 34.1 Å². The average Bonchev–Trinajstić information content (AvgIpc) is 2.94. The van der Waals surface area contributed by atoms with E-state index >= 15 is 0 Å². The Morgan fingerprint density at radius 1 is 1.27 bits per heavy atom. The Balaban J connectivity index is 1.98. The topological polar surface area (TPSA) is 38.1 Å².